The molecule has 0 aliphatic carbocycles. The summed E-state index contributed by atoms with van der Waals surface area (Å²) in [7, 11) is 0. The van der Waals surface area contributed by atoms with Gasteiger partial charge in [0, 0.05) is 49.2 Å². The molecular formula is C14H18BrN3O3. The van der Waals surface area contributed by atoms with Gasteiger partial charge < -0.3 is 9.80 Å². The maximum Gasteiger partial charge on any atom is 0.269 e. The van der Waals surface area contributed by atoms with E-state index in [-0.39, 0.29) is 11.6 Å². The smallest absolute Gasteiger partial charge is 0.269 e. The van der Waals surface area contributed by atoms with Crippen LogP contribution in [0.25, 0.3) is 0 Å². The van der Waals surface area contributed by atoms with Crippen LogP contribution in [0, 0.1) is 10.1 Å². The number of carbonyl (C=O) groups excluding carboxylic acids is 1. The molecule has 0 bridgehead atoms. The van der Waals surface area contributed by atoms with Crippen molar-refractivity contribution in [2.75, 3.05) is 38.1 Å². The molecular weight excluding hydrogens is 338 g/mol. The van der Waals surface area contributed by atoms with Gasteiger partial charge in [0.15, 0.2) is 0 Å². The van der Waals surface area contributed by atoms with Gasteiger partial charge in [-0.2, -0.15) is 0 Å². The maximum atomic E-state index is 12.4. The number of nitro benzene ring substituents is 1. The molecule has 1 aliphatic heterocycles. The van der Waals surface area contributed by atoms with Crippen LogP contribution in [0.2, 0.25) is 0 Å². The molecule has 1 heterocycles. The van der Waals surface area contributed by atoms with Gasteiger partial charge >= 0.3 is 0 Å². The van der Waals surface area contributed by atoms with Gasteiger partial charge in [0.2, 0.25) is 0 Å². The van der Waals surface area contributed by atoms with Gasteiger partial charge in [-0.25, -0.2) is 0 Å². The fraction of sp³-hybridized carbons (Fsp3) is 0.500. The Morgan fingerprint density at radius 3 is 2.52 bits per heavy atom. The minimum Gasteiger partial charge on any atom is -0.337 e. The van der Waals surface area contributed by atoms with Gasteiger partial charge in [0.1, 0.15) is 0 Å². The van der Waals surface area contributed by atoms with Crippen LogP contribution in [0.4, 0.5) is 5.69 Å². The highest BCUT2D eigenvalue weighted by atomic mass is 79.9. The molecule has 0 N–H and O–H groups in total. The fourth-order valence-electron chi connectivity index (χ4n) is 2.43. The van der Waals surface area contributed by atoms with E-state index >= 15 is 0 Å². The molecule has 114 valence electrons. The summed E-state index contributed by atoms with van der Waals surface area (Å²) in [6.45, 7) is 4.27. The molecule has 1 aromatic rings. The van der Waals surface area contributed by atoms with Crippen LogP contribution in [0.3, 0.4) is 0 Å². The molecule has 0 radical (unpaired) electrons. The number of amides is 1. The Labute approximate surface area is 132 Å². The Morgan fingerprint density at radius 2 is 1.90 bits per heavy atom. The van der Waals surface area contributed by atoms with Crippen LogP contribution in [0.1, 0.15) is 16.8 Å². The zero-order chi connectivity index (χ0) is 15.2. The quantitative estimate of drug-likeness (QED) is 0.471. The molecule has 6 nitrogen and oxygen atoms in total. The third-order valence-electron chi connectivity index (χ3n) is 3.60. The number of nitro groups is 1. The minimum absolute atomic E-state index is 0.00547. The average molecular weight is 356 g/mol. The van der Waals surface area contributed by atoms with Crippen LogP contribution in [-0.4, -0.2) is 58.7 Å². The lowest BCUT2D eigenvalue weighted by molar-refractivity contribution is -0.384. The number of hydrogen-bond acceptors (Lipinski definition) is 4. The second kappa shape index (κ2) is 7.51. The van der Waals surface area contributed by atoms with Crippen LogP contribution in [0.5, 0.6) is 0 Å². The highest BCUT2D eigenvalue weighted by Gasteiger charge is 2.20. The van der Waals surface area contributed by atoms with Crippen molar-refractivity contribution in [1.29, 1.82) is 0 Å². The summed E-state index contributed by atoms with van der Waals surface area (Å²) < 4.78 is 0. The summed E-state index contributed by atoms with van der Waals surface area (Å²) in [5, 5.41) is 11.6. The molecule has 1 aromatic carbocycles. The van der Waals surface area contributed by atoms with Crippen LogP contribution in [0.15, 0.2) is 24.3 Å². The van der Waals surface area contributed by atoms with Gasteiger partial charge in [-0.05, 0) is 25.1 Å². The Balaban J connectivity index is 2.00. The number of benzene rings is 1. The number of hydrogen-bond donors (Lipinski definition) is 0. The van der Waals surface area contributed by atoms with E-state index in [9.17, 15) is 14.9 Å². The van der Waals surface area contributed by atoms with E-state index in [1.165, 1.54) is 24.3 Å². The van der Waals surface area contributed by atoms with E-state index in [2.05, 4.69) is 20.8 Å². The molecule has 0 unspecified atom stereocenters. The first-order valence-electron chi connectivity index (χ1n) is 6.94. The first kappa shape index (κ1) is 15.9. The standard InChI is InChI=1S/C14H18BrN3O3/c15-6-9-16-7-1-8-17(11-10-16)14(19)12-2-4-13(5-3-12)18(20)21/h2-5H,1,6-11H2. The van der Waals surface area contributed by atoms with Crippen LogP contribution < -0.4 is 0 Å². The number of halogens is 1. The summed E-state index contributed by atoms with van der Waals surface area (Å²) in [6, 6.07) is 5.81. The normalized spacial score (nSPS) is 16.5. The van der Waals surface area contributed by atoms with Gasteiger partial charge in [-0.1, -0.05) is 15.9 Å². The molecule has 0 spiro atoms. The summed E-state index contributed by atoms with van der Waals surface area (Å²) in [5.41, 5.74) is 0.514. The van der Waals surface area contributed by atoms with Crippen molar-refractivity contribution in [2.45, 2.75) is 6.42 Å². The molecule has 1 saturated heterocycles. The van der Waals surface area contributed by atoms with Crippen molar-refractivity contribution in [3.8, 4) is 0 Å². The monoisotopic (exact) mass is 355 g/mol. The van der Waals surface area contributed by atoms with E-state index in [0.717, 1.165) is 37.9 Å². The summed E-state index contributed by atoms with van der Waals surface area (Å²) in [6.07, 6.45) is 0.950. The Morgan fingerprint density at radius 1 is 1.19 bits per heavy atom. The summed E-state index contributed by atoms with van der Waals surface area (Å²) >= 11 is 3.43. The highest BCUT2D eigenvalue weighted by Crippen LogP contribution is 2.14. The predicted octanol–water partition coefficient (Wildman–Crippen LogP) is 2.14. The van der Waals surface area contributed by atoms with E-state index in [1.807, 2.05) is 4.90 Å². The summed E-state index contributed by atoms with van der Waals surface area (Å²) in [4.78, 5) is 26.8. The molecule has 1 aliphatic rings. The Bertz CT molecular complexity index is 507. The third-order valence-corrected chi connectivity index (χ3v) is 3.96. The maximum absolute atomic E-state index is 12.4. The lowest BCUT2D eigenvalue weighted by Gasteiger charge is -2.21. The highest BCUT2D eigenvalue weighted by molar-refractivity contribution is 9.09. The van der Waals surface area contributed by atoms with Gasteiger partial charge in [-0.3, -0.25) is 14.9 Å². The molecule has 21 heavy (non-hydrogen) atoms. The van der Waals surface area contributed by atoms with E-state index < -0.39 is 4.92 Å². The number of rotatable bonds is 4. The Hall–Kier alpha value is -1.47. The van der Waals surface area contributed by atoms with Gasteiger partial charge in [0.05, 0.1) is 4.92 Å². The van der Waals surface area contributed by atoms with Crippen LogP contribution >= 0.6 is 15.9 Å². The Kier molecular flexibility index (Phi) is 5.69. The number of non-ortho nitro benzene ring substituents is 1. The third kappa shape index (κ3) is 4.25. The molecule has 0 aromatic heterocycles. The SMILES string of the molecule is O=C(c1ccc([N+](=O)[O-])cc1)N1CCCN(CCBr)CC1. The first-order chi connectivity index (χ1) is 10.1. The van der Waals surface area contributed by atoms with Crippen molar-refractivity contribution in [3.63, 3.8) is 0 Å². The molecule has 7 heteroatoms. The molecule has 0 saturated carbocycles. The number of alkyl halides is 1. The first-order valence-corrected chi connectivity index (χ1v) is 8.06. The average Bonchev–Trinajstić information content (AvgIpc) is 2.73. The second-order valence-corrected chi connectivity index (χ2v) is 5.77. The van der Waals surface area contributed by atoms with Crippen molar-refractivity contribution in [2.24, 2.45) is 0 Å². The van der Waals surface area contributed by atoms with Gasteiger partial charge in [-0.15, -0.1) is 0 Å². The topological polar surface area (TPSA) is 66.7 Å². The predicted molar refractivity (Wildman–Crippen MR) is 83.9 cm³/mol. The fourth-order valence-corrected chi connectivity index (χ4v) is 2.93. The molecule has 1 fully saturated rings. The largest absolute Gasteiger partial charge is 0.337 e. The lowest BCUT2D eigenvalue weighted by atomic mass is 10.2. The number of nitrogens with zero attached hydrogens (tertiary/aromatic N) is 3. The molecule has 0 atom stereocenters. The van der Waals surface area contributed by atoms with Gasteiger partial charge in [0.25, 0.3) is 11.6 Å². The lowest BCUT2D eigenvalue weighted by Crippen LogP contribution is -2.35. The van der Waals surface area contributed by atoms with E-state index in [0.29, 0.717) is 12.1 Å². The van der Waals surface area contributed by atoms with E-state index in [4.69, 9.17) is 0 Å². The van der Waals surface area contributed by atoms with Crippen LogP contribution in [-0.2, 0) is 0 Å². The van der Waals surface area contributed by atoms with Crippen molar-refractivity contribution >= 4 is 27.5 Å². The minimum atomic E-state index is -0.460. The number of carbonyl (C=O) groups is 1. The van der Waals surface area contributed by atoms with Crippen molar-refractivity contribution in [1.82, 2.24) is 9.80 Å². The van der Waals surface area contributed by atoms with Crippen molar-refractivity contribution < 1.29 is 9.72 Å². The molecule has 2 rings (SSSR count). The van der Waals surface area contributed by atoms with E-state index in [1.54, 1.807) is 0 Å². The summed E-state index contributed by atoms with van der Waals surface area (Å²) in [5.74, 6) is -0.0504. The van der Waals surface area contributed by atoms with Crippen molar-refractivity contribution in [3.05, 3.63) is 39.9 Å². The molecule has 1 amide bonds. The second-order valence-electron chi connectivity index (χ2n) is 4.98. The zero-order valence-electron chi connectivity index (χ0n) is 11.7. The zero-order valence-corrected chi connectivity index (χ0v) is 13.3.